The van der Waals surface area contributed by atoms with Crippen LogP contribution in [-0.2, 0) is 0 Å². The van der Waals surface area contributed by atoms with Gasteiger partial charge in [-0.1, -0.05) is 12.7 Å². The standard InChI is InChI=1S/C17H23NO4/c1-3-10-22-15-9-4-12(11-16(15)21-2)17(20)18-13-5-7-14(19)8-6-13/h3-4,9,11,13-14,19H,1,5-8,10H2,2H3,(H,18,20). The number of nitrogens with one attached hydrogen (secondary N) is 1. The van der Waals surface area contributed by atoms with Crippen molar-refractivity contribution >= 4 is 5.91 Å². The highest BCUT2D eigenvalue weighted by Gasteiger charge is 2.21. The molecule has 2 N–H and O–H groups in total. The van der Waals surface area contributed by atoms with Crippen molar-refractivity contribution in [1.82, 2.24) is 5.32 Å². The van der Waals surface area contributed by atoms with E-state index in [-0.39, 0.29) is 18.1 Å². The topological polar surface area (TPSA) is 67.8 Å². The summed E-state index contributed by atoms with van der Waals surface area (Å²) < 4.78 is 10.7. The van der Waals surface area contributed by atoms with Gasteiger partial charge in [-0.25, -0.2) is 0 Å². The number of ether oxygens (including phenoxy) is 2. The molecule has 0 bridgehead atoms. The molecule has 1 aliphatic rings. The van der Waals surface area contributed by atoms with E-state index in [9.17, 15) is 9.90 Å². The largest absolute Gasteiger partial charge is 0.493 e. The highest BCUT2D eigenvalue weighted by Crippen LogP contribution is 2.28. The van der Waals surface area contributed by atoms with Gasteiger partial charge in [-0.15, -0.1) is 0 Å². The van der Waals surface area contributed by atoms with E-state index in [0.717, 1.165) is 25.7 Å². The predicted molar refractivity (Wildman–Crippen MR) is 84.4 cm³/mol. The number of aliphatic hydroxyl groups is 1. The van der Waals surface area contributed by atoms with Crippen LogP contribution in [0.25, 0.3) is 0 Å². The van der Waals surface area contributed by atoms with Crippen LogP contribution in [0, 0.1) is 0 Å². The summed E-state index contributed by atoms with van der Waals surface area (Å²) >= 11 is 0. The van der Waals surface area contributed by atoms with Crippen molar-refractivity contribution in [3.8, 4) is 11.5 Å². The number of hydrogen-bond acceptors (Lipinski definition) is 4. The first-order valence-electron chi connectivity index (χ1n) is 7.54. The Balaban J connectivity index is 2.01. The van der Waals surface area contributed by atoms with Gasteiger partial charge in [0.15, 0.2) is 11.5 Å². The van der Waals surface area contributed by atoms with Crippen LogP contribution in [0.1, 0.15) is 36.0 Å². The molecule has 120 valence electrons. The third-order valence-electron chi connectivity index (χ3n) is 3.81. The molecule has 1 amide bonds. The van der Waals surface area contributed by atoms with Crippen LogP contribution in [0.5, 0.6) is 11.5 Å². The number of aliphatic hydroxyl groups excluding tert-OH is 1. The van der Waals surface area contributed by atoms with Crippen molar-refractivity contribution < 1.29 is 19.4 Å². The zero-order chi connectivity index (χ0) is 15.9. The maximum atomic E-state index is 12.3. The lowest BCUT2D eigenvalue weighted by Gasteiger charge is -2.26. The van der Waals surface area contributed by atoms with Gasteiger partial charge in [-0.2, -0.15) is 0 Å². The van der Waals surface area contributed by atoms with Gasteiger partial charge in [-0.05, 0) is 43.9 Å². The molecule has 0 unspecified atom stereocenters. The van der Waals surface area contributed by atoms with Crippen LogP contribution >= 0.6 is 0 Å². The third kappa shape index (κ3) is 4.24. The van der Waals surface area contributed by atoms with Crippen molar-refractivity contribution in [1.29, 1.82) is 0 Å². The summed E-state index contributed by atoms with van der Waals surface area (Å²) in [6.07, 6.45) is 4.52. The van der Waals surface area contributed by atoms with E-state index in [0.29, 0.717) is 23.7 Å². The van der Waals surface area contributed by atoms with E-state index in [2.05, 4.69) is 11.9 Å². The number of hydrogen-bond donors (Lipinski definition) is 2. The maximum Gasteiger partial charge on any atom is 0.251 e. The first-order valence-corrected chi connectivity index (χ1v) is 7.54. The van der Waals surface area contributed by atoms with Crippen LogP contribution < -0.4 is 14.8 Å². The van der Waals surface area contributed by atoms with Crippen LogP contribution in [0.4, 0.5) is 0 Å². The summed E-state index contributed by atoms with van der Waals surface area (Å²) in [5, 5.41) is 12.5. The molecule has 2 rings (SSSR count). The Morgan fingerprint density at radius 1 is 1.36 bits per heavy atom. The lowest BCUT2D eigenvalue weighted by Crippen LogP contribution is -2.38. The van der Waals surface area contributed by atoms with Gasteiger partial charge < -0.3 is 19.9 Å². The molecule has 0 aromatic heterocycles. The maximum absolute atomic E-state index is 12.3. The van der Waals surface area contributed by atoms with Crippen LogP contribution in [0.2, 0.25) is 0 Å². The molecular formula is C17H23NO4. The molecule has 1 fully saturated rings. The van der Waals surface area contributed by atoms with Crippen molar-refractivity contribution in [2.45, 2.75) is 37.8 Å². The van der Waals surface area contributed by atoms with E-state index in [4.69, 9.17) is 9.47 Å². The van der Waals surface area contributed by atoms with Crippen molar-refractivity contribution in [3.63, 3.8) is 0 Å². The molecule has 0 atom stereocenters. The lowest BCUT2D eigenvalue weighted by atomic mass is 9.93. The fraction of sp³-hybridized carbons (Fsp3) is 0.471. The molecule has 0 heterocycles. The molecule has 5 heteroatoms. The van der Waals surface area contributed by atoms with Gasteiger partial charge in [-0.3, -0.25) is 4.79 Å². The Bertz CT molecular complexity index is 521. The average molecular weight is 305 g/mol. The summed E-state index contributed by atoms with van der Waals surface area (Å²) in [5.41, 5.74) is 0.536. The fourth-order valence-electron chi connectivity index (χ4n) is 2.57. The normalized spacial score (nSPS) is 21.0. The van der Waals surface area contributed by atoms with Gasteiger partial charge in [0.2, 0.25) is 0 Å². The number of benzene rings is 1. The minimum atomic E-state index is -0.227. The number of carbonyl (C=O) groups excluding carboxylic acids is 1. The Morgan fingerprint density at radius 2 is 2.09 bits per heavy atom. The Hall–Kier alpha value is -2.01. The summed E-state index contributed by atoms with van der Waals surface area (Å²) in [7, 11) is 1.54. The van der Waals surface area contributed by atoms with Gasteiger partial charge in [0.1, 0.15) is 6.61 Å². The van der Waals surface area contributed by atoms with E-state index < -0.39 is 0 Å². The second-order valence-electron chi connectivity index (χ2n) is 5.44. The number of methoxy groups -OCH3 is 1. The summed E-state index contributed by atoms with van der Waals surface area (Å²) in [6, 6.07) is 5.24. The second kappa shape index (κ2) is 7.84. The Labute approximate surface area is 130 Å². The molecule has 1 aromatic carbocycles. The van der Waals surface area contributed by atoms with Gasteiger partial charge in [0.05, 0.1) is 13.2 Å². The van der Waals surface area contributed by atoms with Gasteiger partial charge >= 0.3 is 0 Å². The Kier molecular flexibility index (Phi) is 5.83. The molecule has 0 saturated heterocycles. The summed E-state index contributed by atoms with van der Waals surface area (Å²) in [4.78, 5) is 12.3. The highest BCUT2D eigenvalue weighted by molar-refractivity contribution is 5.95. The van der Waals surface area contributed by atoms with Crippen LogP contribution in [0.3, 0.4) is 0 Å². The summed E-state index contributed by atoms with van der Waals surface area (Å²) in [6.45, 7) is 3.98. The minimum Gasteiger partial charge on any atom is -0.493 e. The smallest absolute Gasteiger partial charge is 0.251 e. The Morgan fingerprint density at radius 3 is 2.73 bits per heavy atom. The van der Waals surface area contributed by atoms with E-state index >= 15 is 0 Å². The number of amides is 1. The third-order valence-corrected chi connectivity index (χ3v) is 3.81. The molecule has 5 nitrogen and oxygen atoms in total. The van der Waals surface area contributed by atoms with E-state index in [1.165, 1.54) is 0 Å². The van der Waals surface area contributed by atoms with Gasteiger partial charge in [0, 0.05) is 11.6 Å². The molecule has 22 heavy (non-hydrogen) atoms. The van der Waals surface area contributed by atoms with E-state index in [1.807, 2.05) is 0 Å². The first kappa shape index (κ1) is 16.4. The highest BCUT2D eigenvalue weighted by atomic mass is 16.5. The molecular weight excluding hydrogens is 282 g/mol. The van der Waals surface area contributed by atoms with Crippen LogP contribution in [-0.4, -0.2) is 36.9 Å². The van der Waals surface area contributed by atoms with E-state index in [1.54, 1.807) is 31.4 Å². The molecule has 1 aliphatic carbocycles. The number of carbonyl (C=O) groups is 1. The molecule has 0 aliphatic heterocycles. The SMILES string of the molecule is C=CCOc1ccc(C(=O)NC2CCC(O)CC2)cc1OC. The predicted octanol–water partition coefficient (Wildman–Crippen LogP) is 2.29. The fourth-order valence-corrected chi connectivity index (χ4v) is 2.57. The average Bonchev–Trinajstić information content (AvgIpc) is 2.54. The quantitative estimate of drug-likeness (QED) is 0.791. The van der Waals surface area contributed by atoms with Crippen molar-refractivity contribution in [2.24, 2.45) is 0 Å². The molecule has 0 radical (unpaired) electrons. The summed E-state index contributed by atoms with van der Waals surface area (Å²) in [5.74, 6) is 0.975. The molecule has 0 spiro atoms. The molecule has 1 aromatic rings. The van der Waals surface area contributed by atoms with Crippen LogP contribution in [0.15, 0.2) is 30.9 Å². The second-order valence-corrected chi connectivity index (χ2v) is 5.44. The van der Waals surface area contributed by atoms with Gasteiger partial charge in [0.25, 0.3) is 5.91 Å². The van der Waals surface area contributed by atoms with Crippen molar-refractivity contribution in [2.75, 3.05) is 13.7 Å². The zero-order valence-electron chi connectivity index (χ0n) is 12.9. The lowest BCUT2D eigenvalue weighted by molar-refractivity contribution is 0.0867. The number of rotatable bonds is 6. The molecule has 1 saturated carbocycles. The minimum absolute atomic E-state index is 0.124. The monoisotopic (exact) mass is 305 g/mol. The zero-order valence-corrected chi connectivity index (χ0v) is 12.9. The van der Waals surface area contributed by atoms with Crippen molar-refractivity contribution in [3.05, 3.63) is 36.4 Å². The first-order chi connectivity index (χ1) is 10.6.